The third-order valence-electron chi connectivity index (χ3n) is 2.42. The summed E-state index contributed by atoms with van der Waals surface area (Å²) in [6.45, 7) is 2.96. The Labute approximate surface area is 117 Å². The fourth-order valence-corrected chi connectivity index (χ4v) is 1.92. The highest BCUT2D eigenvalue weighted by atomic mass is 79.9. The van der Waals surface area contributed by atoms with E-state index in [1.54, 1.807) is 0 Å². The number of ether oxygens (including phenoxy) is 2. The van der Waals surface area contributed by atoms with Gasteiger partial charge in [0, 0.05) is 6.42 Å². The molecule has 4 heteroatoms. The monoisotopic (exact) mass is 314 g/mol. The van der Waals surface area contributed by atoms with Crippen LogP contribution in [0.1, 0.15) is 32.6 Å². The molecule has 0 amide bonds. The minimum Gasteiger partial charge on any atom is -0.492 e. The molecular formula is C14H19BrO3. The van der Waals surface area contributed by atoms with Crippen LogP contribution >= 0.6 is 15.9 Å². The van der Waals surface area contributed by atoms with Crippen molar-refractivity contribution in [2.24, 2.45) is 0 Å². The van der Waals surface area contributed by atoms with Gasteiger partial charge in [0.1, 0.15) is 5.75 Å². The summed E-state index contributed by atoms with van der Waals surface area (Å²) in [6.07, 6.45) is 3.28. The Morgan fingerprint density at radius 2 is 2.00 bits per heavy atom. The lowest BCUT2D eigenvalue weighted by molar-refractivity contribution is -0.143. The van der Waals surface area contributed by atoms with Gasteiger partial charge in [-0.15, -0.1) is 0 Å². The zero-order valence-corrected chi connectivity index (χ0v) is 12.2. The molecule has 0 fully saturated rings. The average molecular weight is 315 g/mol. The summed E-state index contributed by atoms with van der Waals surface area (Å²) in [7, 11) is 0. The molecule has 0 heterocycles. The molecule has 0 bridgehead atoms. The van der Waals surface area contributed by atoms with Crippen molar-refractivity contribution >= 4 is 21.9 Å². The standard InChI is InChI=1S/C14H19BrO3/c1-2-17-14(16)10-4-3-7-11-18-13-9-6-5-8-12(13)15/h5-6,8-9H,2-4,7,10-11H2,1H3. The molecular weight excluding hydrogens is 296 g/mol. The Morgan fingerprint density at radius 3 is 2.72 bits per heavy atom. The van der Waals surface area contributed by atoms with E-state index in [2.05, 4.69) is 15.9 Å². The molecule has 0 saturated heterocycles. The highest BCUT2D eigenvalue weighted by molar-refractivity contribution is 9.10. The van der Waals surface area contributed by atoms with Crippen LogP contribution in [0.25, 0.3) is 0 Å². The summed E-state index contributed by atoms with van der Waals surface area (Å²) in [5.41, 5.74) is 0. The van der Waals surface area contributed by atoms with Gasteiger partial charge in [0.05, 0.1) is 17.7 Å². The molecule has 3 nitrogen and oxygen atoms in total. The van der Waals surface area contributed by atoms with Crippen molar-refractivity contribution in [3.05, 3.63) is 28.7 Å². The van der Waals surface area contributed by atoms with Crippen LogP contribution in [0.3, 0.4) is 0 Å². The molecule has 1 aromatic rings. The molecule has 0 aliphatic heterocycles. The third kappa shape index (κ3) is 6.05. The van der Waals surface area contributed by atoms with Crippen molar-refractivity contribution in [2.75, 3.05) is 13.2 Å². The van der Waals surface area contributed by atoms with Gasteiger partial charge in [-0.05, 0) is 54.2 Å². The van der Waals surface area contributed by atoms with Crippen molar-refractivity contribution in [2.45, 2.75) is 32.6 Å². The van der Waals surface area contributed by atoms with E-state index in [0.29, 0.717) is 19.6 Å². The minimum atomic E-state index is -0.107. The topological polar surface area (TPSA) is 35.5 Å². The molecule has 0 aromatic heterocycles. The van der Waals surface area contributed by atoms with E-state index in [0.717, 1.165) is 29.5 Å². The van der Waals surface area contributed by atoms with E-state index in [1.807, 2.05) is 31.2 Å². The molecule has 1 aromatic carbocycles. The fraction of sp³-hybridized carbons (Fsp3) is 0.500. The lowest BCUT2D eigenvalue weighted by atomic mass is 10.2. The van der Waals surface area contributed by atoms with E-state index < -0.39 is 0 Å². The van der Waals surface area contributed by atoms with Crippen molar-refractivity contribution in [3.8, 4) is 5.75 Å². The molecule has 1 rings (SSSR count). The molecule has 0 saturated carbocycles. The second-order valence-electron chi connectivity index (χ2n) is 3.89. The maximum atomic E-state index is 11.1. The molecule has 0 atom stereocenters. The number of hydrogen-bond acceptors (Lipinski definition) is 3. The molecule has 18 heavy (non-hydrogen) atoms. The fourth-order valence-electron chi connectivity index (χ4n) is 1.53. The second kappa shape index (κ2) is 8.97. The number of rotatable bonds is 8. The zero-order chi connectivity index (χ0) is 13.2. The Morgan fingerprint density at radius 1 is 1.22 bits per heavy atom. The molecule has 0 radical (unpaired) electrons. The minimum absolute atomic E-state index is 0.107. The Balaban J connectivity index is 2.06. The van der Waals surface area contributed by atoms with Crippen molar-refractivity contribution in [1.82, 2.24) is 0 Å². The number of hydrogen-bond donors (Lipinski definition) is 0. The summed E-state index contributed by atoms with van der Waals surface area (Å²) < 4.78 is 11.5. The molecule has 0 aliphatic rings. The number of carbonyl (C=O) groups excluding carboxylic acids is 1. The number of para-hydroxylation sites is 1. The average Bonchev–Trinajstić information content (AvgIpc) is 2.36. The summed E-state index contributed by atoms with van der Waals surface area (Å²) >= 11 is 3.43. The summed E-state index contributed by atoms with van der Waals surface area (Å²) in [5, 5.41) is 0. The van der Waals surface area contributed by atoms with E-state index in [-0.39, 0.29) is 5.97 Å². The first-order chi connectivity index (χ1) is 8.74. The highest BCUT2D eigenvalue weighted by Gasteiger charge is 2.01. The first kappa shape index (κ1) is 15.0. The SMILES string of the molecule is CCOC(=O)CCCCCOc1ccccc1Br. The van der Waals surface area contributed by atoms with E-state index in [9.17, 15) is 4.79 Å². The smallest absolute Gasteiger partial charge is 0.305 e. The third-order valence-corrected chi connectivity index (χ3v) is 3.08. The number of unbranched alkanes of at least 4 members (excludes halogenated alkanes) is 2. The van der Waals surface area contributed by atoms with Gasteiger partial charge in [-0.1, -0.05) is 12.1 Å². The first-order valence-electron chi connectivity index (χ1n) is 6.27. The van der Waals surface area contributed by atoms with Crippen LogP contribution in [-0.4, -0.2) is 19.2 Å². The maximum Gasteiger partial charge on any atom is 0.305 e. The van der Waals surface area contributed by atoms with Gasteiger partial charge in [-0.2, -0.15) is 0 Å². The van der Waals surface area contributed by atoms with Crippen LogP contribution in [0.5, 0.6) is 5.75 Å². The Kier molecular flexibility index (Phi) is 7.49. The predicted molar refractivity (Wildman–Crippen MR) is 74.7 cm³/mol. The van der Waals surface area contributed by atoms with Gasteiger partial charge in [0.2, 0.25) is 0 Å². The van der Waals surface area contributed by atoms with Crippen LogP contribution in [-0.2, 0) is 9.53 Å². The molecule has 100 valence electrons. The Bertz CT molecular complexity index is 366. The number of benzene rings is 1. The van der Waals surface area contributed by atoms with E-state index in [1.165, 1.54) is 0 Å². The van der Waals surface area contributed by atoms with Crippen molar-refractivity contribution in [3.63, 3.8) is 0 Å². The van der Waals surface area contributed by atoms with Gasteiger partial charge in [0.15, 0.2) is 0 Å². The summed E-state index contributed by atoms with van der Waals surface area (Å²) in [5.74, 6) is 0.757. The van der Waals surface area contributed by atoms with Gasteiger partial charge in [-0.25, -0.2) is 0 Å². The normalized spacial score (nSPS) is 10.1. The molecule has 0 aliphatic carbocycles. The second-order valence-corrected chi connectivity index (χ2v) is 4.75. The zero-order valence-electron chi connectivity index (χ0n) is 10.7. The van der Waals surface area contributed by atoms with Crippen LogP contribution in [0.2, 0.25) is 0 Å². The number of esters is 1. The molecule has 0 N–H and O–H groups in total. The van der Waals surface area contributed by atoms with Gasteiger partial charge in [0.25, 0.3) is 0 Å². The van der Waals surface area contributed by atoms with Crippen molar-refractivity contribution in [1.29, 1.82) is 0 Å². The predicted octanol–water partition coefficient (Wildman–Crippen LogP) is 3.95. The number of carbonyl (C=O) groups is 1. The molecule has 0 spiro atoms. The Hall–Kier alpha value is -1.03. The van der Waals surface area contributed by atoms with Crippen LogP contribution in [0.4, 0.5) is 0 Å². The lowest BCUT2D eigenvalue weighted by Crippen LogP contribution is -2.04. The van der Waals surface area contributed by atoms with Gasteiger partial charge >= 0.3 is 5.97 Å². The van der Waals surface area contributed by atoms with Gasteiger partial charge in [-0.3, -0.25) is 4.79 Å². The van der Waals surface area contributed by atoms with Crippen molar-refractivity contribution < 1.29 is 14.3 Å². The summed E-state index contributed by atoms with van der Waals surface area (Å²) in [6, 6.07) is 7.79. The summed E-state index contributed by atoms with van der Waals surface area (Å²) in [4.78, 5) is 11.1. The number of halogens is 1. The first-order valence-corrected chi connectivity index (χ1v) is 7.06. The van der Waals surface area contributed by atoms with E-state index >= 15 is 0 Å². The highest BCUT2D eigenvalue weighted by Crippen LogP contribution is 2.23. The lowest BCUT2D eigenvalue weighted by Gasteiger charge is -2.07. The largest absolute Gasteiger partial charge is 0.492 e. The van der Waals surface area contributed by atoms with Crippen LogP contribution in [0, 0.1) is 0 Å². The van der Waals surface area contributed by atoms with Crippen LogP contribution in [0.15, 0.2) is 28.7 Å². The van der Waals surface area contributed by atoms with Crippen LogP contribution < -0.4 is 4.74 Å². The quantitative estimate of drug-likeness (QED) is 0.538. The van der Waals surface area contributed by atoms with E-state index in [4.69, 9.17) is 9.47 Å². The molecule has 0 unspecified atom stereocenters. The van der Waals surface area contributed by atoms with Gasteiger partial charge < -0.3 is 9.47 Å². The maximum absolute atomic E-state index is 11.1.